The van der Waals surface area contributed by atoms with Crippen LogP contribution in [0.2, 0.25) is 5.02 Å². The topological polar surface area (TPSA) is 71.2 Å². The van der Waals surface area contributed by atoms with Crippen molar-refractivity contribution in [3.05, 3.63) is 22.8 Å². The largest absolute Gasteiger partial charge is 0.384 e. The molecule has 0 spiro atoms. The van der Waals surface area contributed by atoms with Gasteiger partial charge in [0.25, 0.3) is 0 Å². The second-order valence-corrected chi connectivity index (χ2v) is 4.47. The first kappa shape index (κ1) is 13.2. The van der Waals surface area contributed by atoms with Crippen LogP contribution in [0.4, 0.5) is 5.82 Å². The summed E-state index contributed by atoms with van der Waals surface area (Å²) < 4.78 is 0. The van der Waals surface area contributed by atoms with E-state index < -0.39 is 5.60 Å². The smallest absolute Gasteiger partial charge is 0.129 e. The van der Waals surface area contributed by atoms with Crippen LogP contribution < -0.4 is 11.1 Å². The summed E-state index contributed by atoms with van der Waals surface area (Å²) in [5.41, 5.74) is 5.22. The van der Waals surface area contributed by atoms with Crippen LogP contribution in [0.1, 0.15) is 25.8 Å². The lowest BCUT2D eigenvalue weighted by Crippen LogP contribution is -2.36. The molecule has 0 saturated carbocycles. The maximum absolute atomic E-state index is 10.3. The average Bonchev–Trinajstić information content (AvgIpc) is 2.22. The Morgan fingerprint density at radius 1 is 1.62 bits per heavy atom. The van der Waals surface area contributed by atoms with Gasteiger partial charge >= 0.3 is 0 Å². The lowest BCUT2D eigenvalue weighted by atomic mass is 9.96. The molecule has 90 valence electrons. The molecule has 16 heavy (non-hydrogen) atoms. The number of nitrogen functional groups attached to an aromatic ring is 1. The van der Waals surface area contributed by atoms with Crippen LogP contribution in [0.25, 0.3) is 0 Å². The number of aromatic nitrogens is 1. The zero-order valence-corrected chi connectivity index (χ0v) is 10.4. The summed E-state index contributed by atoms with van der Waals surface area (Å²) in [6.07, 6.45) is 2.48. The SMILES string of the molecule is CCCNCC(C)(O)c1cc(Cl)cnc1N. The molecule has 1 aromatic heterocycles. The summed E-state index contributed by atoms with van der Waals surface area (Å²) in [6.45, 7) is 5.04. The number of hydrogen-bond acceptors (Lipinski definition) is 4. The summed E-state index contributed by atoms with van der Waals surface area (Å²) in [6, 6.07) is 1.65. The van der Waals surface area contributed by atoms with Gasteiger partial charge in [-0.1, -0.05) is 18.5 Å². The van der Waals surface area contributed by atoms with E-state index in [2.05, 4.69) is 17.2 Å². The lowest BCUT2D eigenvalue weighted by Gasteiger charge is -2.25. The molecule has 0 aliphatic rings. The molecule has 4 N–H and O–H groups in total. The lowest BCUT2D eigenvalue weighted by molar-refractivity contribution is 0.0577. The van der Waals surface area contributed by atoms with E-state index in [4.69, 9.17) is 17.3 Å². The molecule has 1 unspecified atom stereocenters. The first-order chi connectivity index (χ1) is 7.47. The fraction of sp³-hybridized carbons (Fsp3) is 0.545. The van der Waals surface area contributed by atoms with Crippen molar-refractivity contribution in [2.75, 3.05) is 18.8 Å². The maximum Gasteiger partial charge on any atom is 0.129 e. The van der Waals surface area contributed by atoms with Crippen molar-refractivity contribution < 1.29 is 5.11 Å². The van der Waals surface area contributed by atoms with Crippen LogP contribution in [0.3, 0.4) is 0 Å². The molecule has 0 aliphatic carbocycles. The van der Waals surface area contributed by atoms with Crippen LogP contribution in [0.5, 0.6) is 0 Å². The predicted molar refractivity (Wildman–Crippen MR) is 66.4 cm³/mol. The van der Waals surface area contributed by atoms with E-state index in [-0.39, 0.29) is 0 Å². The molecule has 1 heterocycles. The van der Waals surface area contributed by atoms with E-state index in [1.54, 1.807) is 13.0 Å². The van der Waals surface area contributed by atoms with Crippen LogP contribution >= 0.6 is 11.6 Å². The van der Waals surface area contributed by atoms with E-state index in [0.717, 1.165) is 13.0 Å². The van der Waals surface area contributed by atoms with Gasteiger partial charge in [0, 0.05) is 18.3 Å². The van der Waals surface area contributed by atoms with Crippen molar-refractivity contribution in [2.45, 2.75) is 25.9 Å². The third-order valence-corrected chi connectivity index (χ3v) is 2.57. The zero-order chi connectivity index (χ0) is 12.2. The molecule has 1 rings (SSSR count). The van der Waals surface area contributed by atoms with Gasteiger partial charge in [-0.15, -0.1) is 0 Å². The van der Waals surface area contributed by atoms with E-state index in [1.807, 2.05) is 0 Å². The number of nitrogens with two attached hydrogens (primary N) is 1. The minimum absolute atomic E-state index is 0.313. The zero-order valence-electron chi connectivity index (χ0n) is 9.63. The highest BCUT2D eigenvalue weighted by Gasteiger charge is 2.25. The van der Waals surface area contributed by atoms with Crippen molar-refractivity contribution in [1.29, 1.82) is 0 Å². The highest BCUT2D eigenvalue weighted by molar-refractivity contribution is 6.30. The van der Waals surface area contributed by atoms with Gasteiger partial charge in [0.2, 0.25) is 0 Å². The summed E-state index contributed by atoms with van der Waals surface area (Å²) in [5, 5.41) is 13.9. The van der Waals surface area contributed by atoms with E-state index in [9.17, 15) is 5.11 Å². The molecule has 5 heteroatoms. The number of aliphatic hydroxyl groups is 1. The molecule has 0 aliphatic heterocycles. The van der Waals surface area contributed by atoms with Gasteiger partial charge in [-0.3, -0.25) is 0 Å². The molecule has 4 nitrogen and oxygen atoms in total. The van der Waals surface area contributed by atoms with Crippen LogP contribution in [0, 0.1) is 0 Å². The molecule has 0 bridgehead atoms. The first-order valence-corrected chi connectivity index (χ1v) is 5.69. The summed E-state index contributed by atoms with van der Waals surface area (Å²) in [7, 11) is 0. The Labute approximate surface area is 101 Å². The fourth-order valence-electron chi connectivity index (χ4n) is 1.49. The van der Waals surface area contributed by atoms with Gasteiger partial charge in [0.1, 0.15) is 11.4 Å². The highest BCUT2D eigenvalue weighted by Crippen LogP contribution is 2.26. The molecule has 0 radical (unpaired) electrons. The summed E-state index contributed by atoms with van der Waals surface area (Å²) in [5.74, 6) is 0.313. The van der Waals surface area contributed by atoms with Crippen LogP contribution in [-0.4, -0.2) is 23.2 Å². The number of halogens is 1. The number of hydrogen-bond donors (Lipinski definition) is 3. The number of anilines is 1. The minimum atomic E-state index is -1.06. The Kier molecular flexibility index (Phi) is 4.53. The molecule has 1 aromatic rings. The van der Waals surface area contributed by atoms with Crippen molar-refractivity contribution in [3.8, 4) is 0 Å². The van der Waals surface area contributed by atoms with Gasteiger partial charge in [0.15, 0.2) is 0 Å². The molecule has 0 aromatic carbocycles. The Bertz CT molecular complexity index is 355. The van der Waals surface area contributed by atoms with Crippen LogP contribution in [0.15, 0.2) is 12.3 Å². The normalized spacial score (nSPS) is 14.8. The van der Waals surface area contributed by atoms with E-state index >= 15 is 0 Å². The van der Waals surface area contributed by atoms with Crippen molar-refractivity contribution in [3.63, 3.8) is 0 Å². The predicted octanol–water partition coefficient (Wildman–Crippen LogP) is 1.52. The van der Waals surface area contributed by atoms with Crippen molar-refractivity contribution >= 4 is 17.4 Å². The van der Waals surface area contributed by atoms with Gasteiger partial charge in [-0.25, -0.2) is 4.98 Å². The quantitative estimate of drug-likeness (QED) is 0.686. The molecule has 0 saturated heterocycles. The van der Waals surface area contributed by atoms with Gasteiger partial charge < -0.3 is 16.2 Å². The fourth-order valence-corrected chi connectivity index (χ4v) is 1.64. The summed E-state index contributed by atoms with van der Waals surface area (Å²) in [4.78, 5) is 3.93. The molecular formula is C11H18ClN3O. The van der Waals surface area contributed by atoms with Crippen molar-refractivity contribution in [1.82, 2.24) is 10.3 Å². The third-order valence-electron chi connectivity index (χ3n) is 2.36. The van der Waals surface area contributed by atoms with E-state index in [1.165, 1.54) is 6.20 Å². The minimum Gasteiger partial charge on any atom is -0.384 e. The second-order valence-electron chi connectivity index (χ2n) is 4.04. The molecular weight excluding hydrogens is 226 g/mol. The molecule has 0 fully saturated rings. The number of pyridine rings is 1. The molecule has 1 atom stereocenters. The maximum atomic E-state index is 10.3. The number of nitrogens with zero attached hydrogens (tertiary/aromatic N) is 1. The Morgan fingerprint density at radius 3 is 2.94 bits per heavy atom. The van der Waals surface area contributed by atoms with Gasteiger partial charge in [0.05, 0.1) is 5.02 Å². The van der Waals surface area contributed by atoms with Crippen molar-refractivity contribution in [2.24, 2.45) is 0 Å². The number of rotatable bonds is 5. The standard InChI is InChI=1S/C11H18ClN3O/c1-3-4-14-7-11(2,16)9-5-8(12)6-15-10(9)13/h5-6,14,16H,3-4,7H2,1-2H3,(H2,13,15). The highest BCUT2D eigenvalue weighted by atomic mass is 35.5. The molecule has 0 amide bonds. The summed E-state index contributed by atoms with van der Waals surface area (Å²) >= 11 is 5.83. The average molecular weight is 244 g/mol. The Balaban J connectivity index is 2.83. The Hall–Kier alpha value is -0.840. The third kappa shape index (κ3) is 3.33. The van der Waals surface area contributed by atoms with Crippen LogP contribution in [-0.2, 0) is 5.60 Å². The van der Waals surface area contributed by atoms with E-state index in [0.29, 0.717) is 22.9 Å². The van der Waals surface area contributed by atoms with Gasteiger partial charge in [-0.05, 0) is 26.0 Å². The Morgan fingerprint density at radius 2 is 2.31 bits per heavy atom. The first-order valence-electron chi connectivity index (χ1n) is 5.32. The number of nitrogens with one attached hydrogen (secondary N) is 1. The second kappa shape index (κ2) is 5.48. The van der Waals surface area contributed by atoms with Gasteiger partial charge in [-0.2, -0.15) is 0 Å². The monoisotopic (exact) mass is 243 g/mol.